The van der Waals surface area contributed by atoms with Crippen LogP contribution in [0.15, 0.2) is 36.4 Å². The highest BCUT2D eigenvalue weighted by atomic mass is 16.3. The third kappa shape index (κ3) is 3.34. The van der Waals surface area contributed by atoms with Gasteiger partial charge in [-0.15, -0.1) is 0 Å². The fourth-order valence-electron chi connectivity index (χ4n) is 3.80. The summed E-state index contributed by atoms with van der Waals surface area (Å²) in [5, 5.41) is 28.8. The molecule has 0 amide bonds. The Morgan fingerprint density at radius 3 is 2.46 bits per heavy atom. The molecule has 4 heteroatoms. The summed E-state index contributed by atoms with van der Waals surface area (Å²) in [5.74, 6) is 0.943. The third-order valence-electron chi connectivity index (χ3n) is 5.36. The SMILES string of the molecule is CC(CCc1ccc(O)cc1)C1CCc2cc(O)c(O)cc2C1N. The topological polar surface area (TPSA) is 86.7 Å². The molecule has 0 bridgehead atoms. The highest BCUT2D eigenvalue weighted by Crippen LogP contribution is 2.42. The molecule has 5 N–H and O–H groups in total. The number of aryl methyl sites for hydroxylation is 2. The predicted octanol–water partition coefficient (Wildman–Crippen LogP) is 3.63. The second kappa shape index (κ2) is 6.73. The molecule has 1 aliphatic rings. The average molecular weight is 327 g/mol. The molecule has 0 saturated heterocycles. The summed E-state index contributed by atoms with van der Waals surface area (Å²) >= 11 is 0. The van der Waals surface area contributed by atoms with Gasteiger partial charge in [-0.3, -0.25) is 0 Å². The van der Waals surface area contributed by atoms with Gasteiger partial charge in [0, 0.05) is 6.04 Å². The van der Waals surface area contributed by atoms with Gasteiger partial charge in [-0.25, -0.2) is 0 Å². The van der Waals surface area contributed by atoms with Crippen LogP contribution in [0.3, 0.4) is 0 Å². The molecule has 0 saturated carbocycles. The van der Waals surface area contributed by atoms with E-state index in [4.69, 9.17) is 5.73 Å². The Balaban J connectivity index is 1.68. The number of phenols is 3. The number of hydrogen-bond donors (Lipinski definition) is 4. The lowest BCUT2D eigenvalue weighted by Gasteiger charge is -2.35. The van der Waals surface area contributed by atoms with E-state index in [-0.39, 0.29) is 17.5 Å². The van der Waals surface area contributed by atoms with E-state index in [9.17, 15) is 15.3 Å². The molecule has 128 valence electrons. The molecular formula is C20H25NO3. The van der Waals surface area contributed by atoms with Crippen molar-refractivity contribution in [3.63, 3.8) is 0 Å². The van der Waals surface area contributed by atoms with Crippen LogP contribution in [-0.2, 0) is 12.8 Å². The lowest BCUT2D eigenvalue weighted by Crippen LogP contribution is -2.31. The summed E-state index contributed by atoms with van der Waals surface area (Å²) < 4.78 is 0. The summed E-state index contributed by atoms with van der Waals surface area (Å²) in [6, 6.07) is 10.5. The van der Waals surface area contributed by atoms with Crippen LogP contribution in [0.5, 0.6) is 17.2 Å². The van der Waals surface area contributed by atoms with Crippen molar-refractivity contribution in [2.45, 2.75) is 38.6 Å². The average Bonchev–Trinajstić information content (AvgIpc) is 2.56. The smallest absolute Gasteiger partial charge is 0.157 e. The zero-order valence-corrected chi connectivity index (χ0v) is 13.9. The minimum absolute atomic E-state index is 0.0696. The largest absolute Gasteiger partial charge is 0.508 e. The van der Waals surface area contributed by atoms with Crippen LogP contribution in [-0.4, -0.2) is 15.3 Å². The molecule has 2 aromatic rings. The van der Waals surface area contributed by atoms with Crippen molar-refractivity contribution in [3.8, 4) is 17.2 Å². The van der Waals surface area contributed by atoms with Crippen molar-refractivity contribution >= 4 is 0 Å². The number of benzene rings is 2. The monoisotopic (exact) mass is 327 g/mol. The molecule has 3 atom stereocenters. The van der Waals surface area contributed by atoms with Crippen molar-refractivity contribution in [1.82, 2.24) is 0 Å². The number of fused-ring (bicyclic) bond motifs is 1. The second-order valence-electron chi connectivity index (χ2n) is 6.95. The summed E-state index contributed by atoms with van der Waals surface area (Å²) in [6.45, 7) is 2.23. The molecule has 0 fully saturated rings. The predicted molar refractivity (Wildman–Crippen MR) is 94.1 cm³/mol. The van der Waals surface area contributed by atoms with Gasteiger partial charge in [0.05, 0.1) is 0 Å². The van der Waals surface area contributed by atoms with Gasteiger partial charge in [-0.2, -0.15) is 0 Å². The van der Waals surface area contributed by atoms with E-state index in [0.29, 0.717) is 17.6 Å². The summed E-state index contributed by atoms with van der Waals surface area (Å²) in [5.41, 5.74) is 9.69. The molecule has 1 aliphatic carbocycles. The minimum Gasteiger partial charge on any atom is -0.508 e. The Kier molecular flexibility index (Phi) is 4.67. The van der Waals surface area contributed by atoms with Crippen molar-refractivity contribution in [1.29, 1.82) is 0 Å². The first kappa shape index (κ1) is 16.7. The normalized spacial score (nSPS) is 21.2. The molecule has 0 spiro atoms. The van der Waals surface area contributed by atoms with Crippen LogP contribution >= 0.6 is 0 Å². The zero-order valence-electron chi connectivity index (χ0n) is 13.9. The standard InChI is InChI=1S/C20H25NO3/c1-12(2-3-13-4-7-15(22)8-5-13)16-9-6-14-10-18(23)19(24)11-17(14)20(16)21/h4-5,7-8,10-12,16,20,22-24H,2-3,6,9,21H2,1H3. The Bertz CT molecular complexity index is 712. The minimum atomic E-state index is -0.116. The second-order valence-corrected chi connectivity index (χ2v) is 6.95. The molecule has 2 aromatic carbocycles. The molecule has 0 aromatic heterocycles. The van der Waals surface area contributed by atoms with Crippen LogP contribution < -0.4 is 5.73 Å². The molecule has 3 unspecified atom stereocenters. The highest BCUT2D eigenvalue weighted by molar-refractivity contribution is 5.47. The maximum atomic E-state index is 9.77. The molecule has 4 nitrogen and oxygen atoms in total. The Morgan fingerprint density at radius 2 is 1.75 bits per heavy atom. The van der Waals surface area contributed by atoms with Gasteiger partial charge in [0.25, 0.3) is 0 Å². The van der Waals surface area contributed by atoms with Gasteiger partial charge in [0.15, 0.2) is 11.5 Å². The van der Waals surface area contributed by atoms with Crippen molar-refractivity contribution in [3.05, 3.63) is 53.1 Å². The molecular weight excluding hydrogens is 302 g/mol. The highest BCUT2D eigenvalue weighted by Gasteiger charge is 2.31. The maximum absolute atomic E-state index is 9.77. The van der Waals surface area contributed by atoms with E-state index in [0.717, 1.165) is 36.8 Å². The Hall–Kier alpha value is -2.20. The van der Waals surface area contributed by atoms with Gasteiger partial charge in [0.1, 0.15) is 5.75 Å². The van der Waals surface area contributed by atoms with Crippen molar-refractivity contribution < 1.29 is 15.3 Å². The Labute approximate surface area is 142 Å². The molecule has 0 heterocycles. The van der Waals surface area contributed by atoms with Gasteiger partial charge >= 0.3 is 0 Å². The number of nitrogens with two attached hydrogens (primary N) is 1. The Morgan fingerprint density at radius 1 is 1.08 bits per heavy atom. The first-order valence-corrected chi connectivity index (χ1v) is 8.54. The first-order chi connectivity index (χ1) is 11.5. The fraction of sp³-hybridized carbons (Fsp3) is 0.400. The van der Waals surface area contributed by atoms with Crippen molar-refractivity contribution in [2.24, 2.45) is 17.6 Å². The van der Waals surface area contributed by atoms with Gasteiger partial charge in [-0.1, -0.05) is 19.1 Å². The van der Waals surface area contributed by atoms with E-state index < -0.39 is 0 Å². The molecule has 3 rings (SSSR count). The van der Waals surface area contributed by atoms with Crippen LogP contribution in [0.1, 0.15) is 42.5 Å². The molecule has 0 radical (unpaired) electrons. The number of rotatable bonds is 4. The third-order valence-corrected chi connectivity index (χ3v) is 5.36. The number of aromatic hydroxyl groups is 3. The maximum Gasteiger partial charge on any atom is 0.157 e. The summed E-state index contributed by atoms with van der Waals surface area (Å²) in [4.78, 5) is 0. The quantitative estimate of drug-likeness (QED) is 0.646. The van der Waals surface area contributed by atoms with E-state index in [2.05, 4.69) is 6.92 Å². The number of hydrogen-bond acceptors (Lipinski definition) is 4. The van der Waals surface area contributed by atoms with Gasteiger partial charge in [0.2, 0.25) is 0 Å². The van der Waals surface area contributed by atoms with E-state index in [1.807, 2.05) is 12.1 Å². The first-order valence-electron chi connectivity index (χ1n) is 8.54. The van der Waals surface area contributed by atoms with Crippen LogP contribution in [0.25, 0.3) is 0 Å². The van der Waals surface area contributed by atoms with E-state index in [1.54, 1.807) is 24.3 Å². The van der Waals surface area contributed by atoms with Crippen molar-refractivity contribution in [2.75, 3.05) is 0 Å². The van der Waals surface area contributed by atoms with Crippen LogP contribution in [0.2, 0.25) is 0 Å². The van der Waals surface area contributed by atoms with Crippen LogP contribution in [0, 0.1) is 11.8 Å². The zero-order chi connectivity index (χ0) is 17.3. The van der Waals surface area contributed by atoms with Gasteiger partial charge in [-0.05, 0) is 78.5 Å². The lowest BCUT2D eigenvalue weighted by atomic mass is 9.73. The molecule has 24 heavy (non-hydrogen) atoms. The lowest BCUT2D eigenvalue weighted by molar-refractivity contribution is 0.255. The van der Waals surface area contributed by atoms with E-state index in [1.165, 1.54) is 5.56 Å². The summed E-state index contributed by atoms with van der Waals surface area (Å²) in [6.07, 6.45) is 3.86. The van der Waals surface area contributed by atoms with Gasteiger partial charge < -0.3 is 21.1 Å². The fourth-order valence-corrected chi connectivity index (χ4v) is 3.80. The van der Waals surface area contributed by atoms with Crippen LogP contribution in [0.4, 0.5) is 0 Å². The number of phenolic OH excluding ortho intramolecular Hbond substituents is 3. The van der Waals surface area contributed by atoms with E-state index >= 15 is 0 Å². The molecule has 0 aliphatic heterocycles. The summed E-state index contributed by atoms with van der Waals surface area (Å²) in [7, 11) is 0.